The maximum Gasteiger partial charge on any atom is 0.227 e. The van der Waals surface area contributed by atoms with Gasteiger partial charge in [0.1, 0.15) is 5.75 Å². The van der Waals surface area contributed by atoms with E-state index < -0.39 is 0 Å². The highest BCUT2D eigenvalue weighted by Gasteiger charge is 2.15. The van der Waals surface area contributed by atoms with Crippen molar-refractivity contribution in [2.75, 3.05) is 13.7 Å². The largest absolute Gasteiger partial charge is 0.497 e. The lowest BCUT2D eigenvalue weighted by Crippen LogP contribution is -2.19. The Morgan fingerprint density at radius 1 is 1.33 bits per heavy atom. The van der Waals surface area contributed by atoms with E-state index in [-0.39, 0.29) is 0 Å². The minimum Gasteiger partial charge on any atom is -0.497 e. The SMILES string of the molecule is COc1cccc(-c2noc(C[C@@H](CN)CC(C)C)n2)c1. The van der Waals surface area contributed by atoms with Crippen LogP contribution in [-0.2, 0) is 6.42 Å². The maximum atomic E-state index is 5.82. The summed E-state index contributed by atoms with van der Waals surface area (Å²) < 4.78 is 10.6. The highest BCUT2D eigenvalue weighted by Crippen LogP contribution is 2.22. The number of hydrogen-bond acceptors (Lipinski definition) is 5. The summed E-state index contributed by atoms with van der Waals surface area (Å²) in [5, 5.41) is 4.05. The molecule has 2 N–H and O–H groups in total. The second-order valence-corrected chi connectivity index (χ2v) is 5.68. The number of benzene rings is 1. The molecule has 0 saturated heterocycles. The highest BCUT2D eigenvalue weighted by molar-refractivity contribution is 5.56. The molecule has 0 spiro atoms. The predicted molar refractivity (Wildman–Crippen MR) is 82.0 cm³/mol. The Balaban J connectivity index is 2.10. The molecule has 1 aromatic heterocycles. The Morgan fingerprint density at radius 2 is 2.14 bits per heavy atom. The van der Waals surface area contributed by atoms with Crippen molar-refractivity contribution in [3.63, 3.8) is 0 Å². The van der Waals surface area contributed by atoms with Crippen LogP contribution in [0, 0.1) is 11.8 Å². The van der Waals surface area contributed by atoms with E-state index in [0.29, 0.717) is 30.1 Å². The summed E-state index contributed by atoms with van der Waals surface area (Å²) >= 11 is 0. The van der Waals surface area contributed by atoms with Gasteiger partial charge in [0.05, 0.1) is 7.11 Å². The zero-order valence-corrected chi connectivity index (χ0v) is 12.9. The van der Waals surface area contributed by atoms with Crippen LogP contribution in [0.3, 0.4) is 0 Å². The molecule has 1 heterocycles. The summed E-state index contributed by atoms with van der Waals surface area (Å²) in [6, 6.07) is 7.62. The van der Waals surface area contributed by atoms with Gasteiger partial charge >= 0.3 is 0 Å². The van der Waals surface area contributed by atoms with Crippen LogP contribution < -0.4 is 10.5 Å². The van der Waals surface area contributed by atoms with Crippen molar-refractivity contribution < 1.29 is 9.26 Å². The number of nitrogens with zero attached hydrogens (tertiary/aromatic N) is 2. The molecule has 21 heavy (non-hydrogen) atoms. The summed E-state index contributed by atoms with van der Waals surface area (Å²) in [7, 11) is 1.64. The van der Waals surface area contributed by atoms with Crippen LogP contribution in [0.4, 0.5) is 0 Å². The first-order valence-electron chi connectivity index (χ1n) is 7.29. The molecule has 1 aromatic carbocycles. The monoisotopic (exact) mass is 289 g/mol. The Hall–Kier alpha value is -1.88. The van der Waals surface area contributed by atoms with Crippen LogP contribution >= 0.6 is 0 Å². The second-order valence-electron chi connectivity index (χ2n) is 5.68. The van der Waals surface area contributed by atoms with Gasteiger partial charge in [-0.25, -0.2) is 0 Å². The lowest BCUT2D eigenvalue weighted by atomic mass is 9.94. The van der Waals surface area contributed by atoms with Gasteiger partial charge in [-0.05, 0) is 36.9 Å². The summed E-state index contributed by atoms with van der Waals surface area (Å²) in [6.45, 7) is 5.02. The fourth-order valence-electron chi connectivity index (χ4n) is 2.39. The van der Waals surface area contributed by atoms with Crippen molar-refractivity contribution in [3.8, 4) is 17.1 Å². The average molecular weight is 289 g/mol. The summed E-state index contributed by atoms with van der Waals surface area (Å²) in [4.78, 5) is 4.46. The van der Waals surface area contributed by atoms with Crippen LogP contribution in [0.5, 0.6) is 5.75 Å². The lowest BCUT2D eigenvalue weighted by Gasteiger charge is -2.14. The molecule has 0 bridgehead atoms. The highest BCUT2D eigenvalue weighted by atomic mass is 16.5. The molecule has 0 saturated carbocycles. The van der Waals surface area contributed by atoms with E-state index in [1.165, 1.54) is 0 Å². The Morgan fingerprint density at radius 3 is 2.81 bits per heavy atom. The minimum atomic E-state index is 0.378. The molecule has 1 atom stereocenters. The number of methoxy groups -OCH3 is 1. The molecule has 0 unspecified atom stereocenters. The van der Waals surface area contributed by atoms with E-state index >= 15 is 0 Å². The van der Waals surface area contributed by atoms with Crippen LogP contribution in [0.25, 0.3) is 11.4 Å². The fraction of sp³-hybridized carbons (Fsp3) is 0.500. The molecule has 2 rings (SSSR count). The van der Waals surface area contributed by atoms with E-state index in [4.69, 9.17) is 15.0 Å². The standard InChI is InChI=1S/C16H23N3O2/c1-11(2)7-12(10-17)8-15-18-16(19-21-15)13-5-4-6-14(9-13)20-3/h4-6,9,11-12H,7-8,10,17H2,1-3H3/t12-/m0/s1. The van der Waals surface area contributed by atoms with Crippen LogP contribution in [-0.4, -0.2) is 23.8 Å². The Labute approximate surface area is 125 Å². The van der Waals surface area contributed by atoms with Gasteiger partial charge in [-0.3, -0.25) is 0 Å². The molecule has 0 aliphatic rings. The summed E-state index contributed by atoms with van der Waals surface area (Å²) in [5.41, 5.74) is 6.70. The Bertz CT molecular complexity index is 566. The zero-order chi connectivity index (χ0) is 15.2. The van der Waals surface area contributed by atoms with Crippen molar-refractivity contribution in [2.24, 2.45) is 17.6 Å². The van der Waals surface area contributed by atoms with E-state index in [1.807, 2.05) is 24.3 Å². The molecule has 0 amide bonds. The first-order valence-corrected chi connectivity index (χ1v) is 7.29. The van der Waals surface area contributed by atoms with Crippen LogP contribution in [0.2, 0.25) is 0 Å². The average Bonchev–Trinajstić information content (AvgIpc) is 2.94. The molecular weight excluding hydrogens is 266 g/mol. The number of rotatable bonds is 7. The molecule has 0 fully saturated rings. The number of aromatic nitrogens is 2. The van der Waals surface area contributed by atoms with Crippen molar-refractivity contribution in [1.82, 2.24) is 10.1 Å². The van der Waals surface area contributed by atoms with Gasteiger partial charge in [0.15, 0.2) is 0 Å². The van der Waals surface area contributed by atoms with Gasteiger partial charge < -0.3 is 15.0 Å². The van der Waals surface area contributed by atoms with Gasteiger partial charge in [-0.2, -0.15) is 4.98 Å². The molecule has 5 nitrogen and oxygen atoms in total. The van der Waals surface area contributed by atoms with Gasteiger partial charge in [0.25, 0.3) is 0 Å². The topological polar surface area (TPSA) is 74.2 Å². The van der Waals surface area contributed by atoms with Gasteiger partial charge in [0.2, 0.25) is 11.7 Å². The van der Waals surface area contributed by atoms with E-state index in [9.17, 15) is 0 Å². The molecule has 114 valence electrons. The quantitative estimate of drug-likeness (QED) is 0.848. The molecule has 0 radical (unpaired) electrons. The van der Waals surface area contributed by atoms with Crippen molar-refractivity contribution >= 4 is 0 Å². The lowest BCUT2D eigenvalue weighted by molar-refractivity contribution is 0.332. The molecule has 2 aromatic rings. The smallest absolute Gasteiger partial charge is 0.227 e. The molecule has 5 heteroatoms. The van der Waals surface area contributed by atoms with Crippen LogP contribution in [0.1, 0.15) is 26.2 Å². The molecule has 0 aliphatic carbocycles. The van der Waals surface area contributed by atoms with E-state index in [0.717, 1.165) is 24.2 Å². The summed E-state index contributed by atoms with van der Waals surface area (Å²) in [5.74, 6) is 2.99. The van der Waals surface area contributed by atoms with Crippen molar-refractivity contribution in [3.05, 3.63) is 30.2 Å². The third-order valence-corrected chi connectivity index (χ3v) is 3.40. The third kappa shape index (κ3) is 4.29. The van der Waals surface area contributed by atoms with E-state index in [2.05, 4.69) is 24.0 Å². The van der Waals surface area contributed by atoms with Gasteiger partial charge in [-0.15, -0.1) is 0 Å². The van der Waals surface area contributed by atoms with Crippen LogP contribution in [0.15, 0.2) is 28.8 Å². The first kappa shape index (κ1) is 15.5. The molecule has 0 aliphatic heterocycles. The minimum absolute atomic E-state index is 0.378. The molecular formula is C16H23N3O2. The van der Waals surface area contributed by atoms with E-state index in [1.54, 1.807) is 7.11 Å². The number of nitrogens with two attached hydrogens (primary N) is 1. The normalized spacial score (nSPS) is 12.6. The maximum absolute atomic E-state index is 5.82. The third-order valence-electron chi connectivity index (χ3n) is 3.40. The fourth-order valence-corrected chi connectivity index (χ4v) is 2.39. The second kappa shape index (κ2) is 7.22. The Kier molecular flexibility index (Phi) is 5.33. The number of ether oxygens (including phenoxy) is 1. The van der Waals surface area contributed by atoms with Gasteiger partial charge in [0, 0.05) is 12.0 Å². The summed E-state index contributed by atoms with van der Waals surface area (Å²) in [6.07, 6.45) is 1.79. The number of hydrogen-bond donors (Lipinski definition) is 1. The van der Waals surface area contributed by atoms with Gasteiger partial charge in [-0.1, -0.05) is 31.1 Å². The predicted octanol–water partition coefficient (Wildman–Crippen LogP) is 2.91. The van der Waals surface area contributed by atoms with Crippen molar-refractivity contribution in [2.45, 2.75) is 26.7 Å². The zero-order valence-electron chi connectivity index (χ0n) is 12.9. The van der Waals surface area contributed by atoms with Crippen molar-refractivity contribution in [1.29, 1.82) is 0 Å². The first-order chi connectivity index (χ1) is 10.1.